The molecule has 0 saturated carbocycles. The molecule has 2 rings (SSSR count). The van der Waals surface area contributed by atoms with Crippen LogP contribution >= 0.6 is 0 Å². The van der Waals surface area contributed by atoms with E-state index in [1.165, 1.54) is 0 Å². The molecule has 2 heteroatoms. The molecule has 0 amide bonds. The predicted octanol–water partition coefficient (Wildman–Crippen LogP) is 4.81. The number of rotatable bonds is 6. The van der Waals surface area contributed by atoms with Gasteiger partial charge >= 0.3 is 5.97 Å². The molecule has 0 bridgehead atoms. The van der Waals surface area contributed by atoms with Gasteiger partial charge in [0.2, 0.25) is 0 Å². The molecule has 2 nitrogen and oxygen atoms in total. The van der Waals surface area contributed by atoms with Crippen molar-refractivity contribution in [2.24, 2.45) is 0 Å². The molecule has 0 saturated heterocycles. The van der Waals surface area contributed by atoms with E-state index in [4.69, 9.17) is 4.74 Å². The van der Waals surface area contributed by atoms with Crippen molar-refractivity contribution >= 4 is 18.1 Å². The highest BCUT2D eigenvalue weighted by Gasteiger charge is 2.06. The van der Waals surface area contributed by atoms with Crippen molar-refractivity contribution in [1.29, 1.82) is 0 Å². The Morgan fingerprint density at radius 2 is 1.71 bits per heavy atom. The number of esters is 1. The SMILES string of the molecule is CCCCOC(=O)c1cccc(C=Cc2ccccc2)c1. The van der Waals surface area contributed by atoms with E-state index < -0.39 is 0 Å². The molecule has 0 heterocycles. The number of unbranched alkanes of at least 4 members (excludes halogenated alkanes) is 1. The Labute approximate surface area is 126 Å². The maximum absolute atomic E-state index is 11.9. The number of ether oxygens (including phenoxy) is 1. The first-order valence-corrected chi connectivity index (χ1v) is 7.30. The molecule has 0 radical (unpaired) electrons. The van der Waals surface area contributed by atoms with Crippen LogP contribution in [0.25, 0.3) is 12.2 Å². The van der Waals surface area contributed by atoms with Gasteiger partial charge in [-0.3, -0.25) is 0 Å². The Bertz CT molecular complexity index is 600. The van der Waals surface area contributed by atoms with Gasteiger partial charge < -0.3 is 4.74 Å². The summed E-state index contributed by atoms with van der Waals surface area (Å²) in [5.74, 6) is -0.251. The van der Waals surface area contributed by atoms with Crippen molar-refractivity contribution in [1.82, 2.24) is 0 Å². The van der Waals surface area contributed by atoms with Crippen LogP contribution in [0.3, 0.4) is 0 Å². The third-order valence-electron chi connectivity index (χ3n) is 3.12. The fourth-order valence-electron chi connectivity index (χ4n) is 1.92. The molecule has 0 aliphatic heterocycles. The van der Waals surface area contributed by atoms with Crippen LogP contribution in [0.5, 0.6) is 0 Å². The Morgan fingerprint density at radius 1 is 1.00 bits per heavy atom. The molecule has 0 aromatic heterocycles. The van der Waals surface area contributed by atoms with Crippen LogP contribution in [0.15, 0.2) is 54.6 Å². The zero-order valence-corrected chi connectivity index (χ0v) is 12.3. The smallest absolute Gasteiger partial charge is 0.338 e. The van der Waals surface area contributed by atoms with Crippen LogP contribution in [-0.2, 0) is 4.74 Å². The number of hydrogen-bond donors (Lipinski definition) is 0. The minimum Gasteiger partial charge on any atom is -0.462 e. The van der Waals surface area contributed by atoms with Gasteiger partial charge in [-0.2, -0.15) is 0 Å². The molecule has 0 N–H and O–H groups in total. The molecule has 108 valence electrons. The Hall–Kier alpha value is -2.35. The summed E-state index contributed by atoms with van der Waals surface area (Å²) in [5.41, 5.74) is 2.72. The summed E-state index contributed by atoms with van der Waals surface area (Å²) < 4.78 is 5.22. The molecular weight excluding hydrogens is 260 g/mol. The fourth-order valence-corrected chi connectivity index (χ4v) is 1.92. The van der Waals surface area contributed by atoms with Crippen LogP contribution in [0.2, 0.25) is 0 Å². The minimum atomic E-state index is -0.251. The summed E-state index contributed by atoms with van der Waals surface area (Å²) in [6.07, 6.45) is 5.95. The van der Waals surface area contributed by atoms with Crippen LogP contribution in [-0.4, -0.2) is 12.6 Å². The third-order valence-corrected chi connectivity index (χ3v) is 3.12. The van der Waals surface area contributed by atoms with Crippen LogP contribution in [0.4, 0.5) is 0 Å². The van der Waals surface area contributed by atoms with Gasteiger partial charge in [0.1, 0.15) is 0 Å². The lowest BCUT2D eigenvalue weighted by Crippen LogP contribution is -2.06. The maximum atomic E-state index is 11.9. The van der Waals surface area contributed by atoms with E-state index in [0.717, 1.165) is 24.0 Å². The first-order valence-electron chi connectivity index (χ1n) is 7.30. The molecule has 0 aliphatic rings. The number of carbonyl (C=O) groups excluding carboxylic acids is 1. The molecule has 0 unspecified atom stereocenters. The van der Waals surface area contributed by atoms with E-state index in [9.17, 15) is 4.79 Å². The van der Waals surface area contributed by atoms with E-state index in [2.05, 4.69) is 6.92 Å². The van der Waals surface area contributed by atoms with Crippen molar-refractivity contribution in [2.75, 3.05) is 6.61 Å². The van der Waals surface area contributed by atoms with Gasteiger partial charge in [0.25, 0.3) is 0 Å². The van der Waals surface area contributed by atoms with Crippen molar-refractivity contribution in [3.05, 3.63) is 71.3 Å². The van der Waals surface area contributed by atoms with Gasteiger partial charge in [0, 0.05) is 0 Å². The van der Waals surface area contributed by atoms with Gasteiger partial charge in [0.15, 0.2) is 0 Å². The first kappa shape index (κ1) is 15.0. The van der Waals surface area contributed by atoms with E-state index in [-0.39, 0.29) is 5.97 Å². The second kappa shape index (κ2) is 8.05. The van der Waals surface area contributed by atoms with E-state index >= 15 is 0 Å². The summed E-state index contributed by atoms with van der Waals surface area (Å²) in [6.45, 7) is 2.56. The summed E-state index contributed by atoms with van der Waals surface area (Å²) in [5, 5.41) is 0. The zero-order valence-electron chi connectivity index (χ0n) is 12.3. The van der Waals surface area contributed by atoms with Gasteiger partial charge in [-0.15, -0.1) is 0 Å². The maximum Gasteiger partial charge on any atom is 0.338 e. The molecule has 2 aromatic carbocycles. The molecular formula is C19H20O2. The standard InChI is InChI=1S/C19H20O2/c1-2-3-14-21-19(20)18-11-7-10-17(15-18)13-12-16-8-5-4-6-9-16/h4-13,15H,2-3,14H2,1H3. The summed E-state index contributed by atoms with van der Waals surface area (Å²) >= 11 is 0. The number of benzene rings is 2. The third kappa shape index (κ3) is 4.92. The van der Waals surface area contributed by atoms with Crippen LogP contribution < -0.4 is 0 Å². The second-order valence-electron chi connectivity index (χ2n) is 4.86. The highest BCUT2D eigenvalue weighted by atomic mass is 16.5. The van der Waals surface area contributed by atoms with Crippen molar-refractivity contribution in [3.8, 4) is 0 Å². The normalized spacial score (nSPS) is 10.7. The average molecular weight is 280 g/mol. The molecule has 2 aromatic rings. The average Bonchev–Trinajstić information content (AvgIpc) is 2.54. The van der Waals surface area contributed by atoms with Gasteiger partial charge in [-0.1, -0.05) is 68.0 Å². The highest BCUT2D eigenvalue weighted by molar-refractivity contribution is 5.90. The van der Waals surface area contributed by atoms with Gasteiger partial charge in [-0.05, 0) is 29.7 Å². The van der Waals surface area contributed by atoms with E-state index in [0.29, 0.717) is 12.2 Å². The van der Waals surface area contributed by atoms with Crippen LogP contribution in [0, 0.1) is 0 Å². The van der Waals surface area contributed by atoms with E-state index in [1.54, 1.807) is 6.07 Å². The summed E-state index contributed by atoms with van der Waals surface area (Å²) in [4.78, 5) is 11.9. The molecule has 0 spiro atoms. The second-order valence-corrected chi connectivity index (χ2v) is 4.86. The van der Waals surface area contributed by atoms with Gasteiger partial charge in [-0.25, -0.2) is 4.79 Å². The molecule has 0 atom stereocenters. The van der Waals surface area contributed by atoms with Gasteiger partial charge in [0.05, 0.1) is 12.2 Å². The molecule has 21 heavy (non-hydrogen) atoms. The van der Waals surface area contributed by atoms with Crippen molar-refractivity contribution in [2.45, 2.75) is 19.8 Å². The number of hydrogen-bond acceptors (Lipinski definition) is 2. The monoisotopic (exact) mass is 280 g/mol. The Morgan fingerprint density at radius 3 is 2.48 bits per heavy atom. The lowest BCUT2D eigenvalue weighted by atomic mass is 10.1. The zero-order chi connectivity index (χ0) is 14.9. The topological polar surface area (TPSA) is 26.3 Å². The lowest BCUT2D eigenvalue weighted by Gasteiger charge is -2.04. The molecule has 0 aliphatic carbocycles. The van der Waals surface area contributed by atoms with Crippen LogP contribution in [0.1, 0.15) is 41.3 Å². The highest BCUT2D eigenvalue weighted by Crippen LogP contribution is 2.11. The quantitative estimate of drug-likeness (QED) is 0.431. The Balaban J connectivity index is 2.04. The lowest BCUT2D eigenvalue weighted by molar-refractivity contribution is 0.0499. The fraction of sp³-hybridized carbons (Fsp3) is 0.211. The molecule has 0 fully saturated rings. The first-order chi connectivity index (χ1) is 10.3. The largest absolute Gasteiger partial charge is 0.462 e. The minimum absolute atomic E-state index is 0.251. The van der Waals surface area contributed by atoms with Crippen molar-refractivity contribution in [3.63, 3.8) is 0 Å². The van der Waals surface area contributed by atoms with E-state index in [1.807, 2.05) is 60.7 Å². The van der Waals surface area contributed by atoms with Crippen molar-refractivity contribution < 1.29 is 9.53 Å². The summed E-state index contributed by atoms with van der Waals surface area (Å²) in [6, 6.07) is 17.6. The Kier molecular flexibility index (Phi) is 5.77. The number of carbonyl (C=O) groups is 1. The summed E-state index contributed by atoms with van der Waals surface area (Å²) in [7, 11) is 0. The predicted molar refractivity (Wildman–Crippen MR) is 87.0 cm³/mol.